The van der Waals surface area contributed by atoms with Crippen LogP contribution in [-0.2, 0) is 0 Å². The minimum atomic E-state index is -0.210. The van der Waals surface area contributed by atoms with E-state index in [9.17, 15) is 4.39 Å². The fourth-order valence-corrected chi connectivity index (χ4v) is 3.41. The van der Waals surface area contributed by atoms with E-state index in [0.29, 0.717) is 11.3 Å². The van der Waals surface area contributed by atoms with Gasteiger partial charge in [-0.05, 0) is 36.0 Å². The lowest BCUT2D eigenvalue weighted by Crippen LogP contribution is -2.02. The molecule has 1 nitrogen and oxygen atoms in total. The minimum Gasteiger partial charge on any atom is -0.496 e. The van der Waals surface area contributed by atoms with Crippen molar-refractivity contribution in [2.24, 2.45) is 11.3 Å². The van der Waals surface area contributed by atoms with Crippen molar-refractivity contribution in [3.63, 3.8) is 0 Å². The molecule has 3 heteroatoms. The average molecular weight is 287 g/mol. The summed E-state index contributed by atoms with van der Waals surface area (Å²) in [5.41, 5.74) is 1.27. The van der Waals surface area contributed by atoms with E-state index in [2.05, 4.69) is 29.8 Å². The third-order valence-electron chi connectivity index (χ3n) is 3.43. The second-order valence-corrected chi connectivity index (χ2v) is 6.07. The van der Waals surface area contributed by atoms with E-state index in [0.717, 1.165) is 11.3 Å². The van der Waals surface area contributed by atoms with Crippen molar-refractivity contribution in [1.29, 1.82) is 0 Å². The Hall–Kier alpha value is -0.570. The van der Waals surface area contributed by atoms with E-state index >= 15 is 0 Å². The number of hydrogen-bond acceptors (Lipinski definition) is 1. The molecule has 0 aromatic heterocycles. The van der Waals surface area contributed by atoms with Crippen LogP contribution in [0.25, 0.3) is 0 Å². The molecular weight excluding hydrogens is 271 g/mol. The molecule has 16 heavy (non-hydrogen) atoms. The molecule has 0 radical (unpaired) electrons. The molecule has 1 aliphatic carbocycles. The smallest absolute Gasteiger partial charge is 0.123 e. The molecule has 1 aliphatic rings. The molecule has 1 saturated carbocycles. The third-order valence-corrected chi connectivity index (χ3v) is 4.56. The van der Waals surface area contributed by atoms with Crippen LogP contribution in [0.15, 0.2) is 18.2 Å². The lowest BCUT2D eigenvalue weighted by Gasteiger charge is -2.15. The highest BCUT2D eigenvalue weighted by Gasteiger charge is 2.50. The molecule has 0 saturated heterocycles. The van der Waals surface area contributed by atoms with Crippen molar-refractivity contribution < 1.29 is 9.13 Å². The highest BCUT2D eigenvalue weighted by molar-refractivity contribution is 9.09. The topological polar surface area (TPSA) is 9.23 Å². The predicted molar refractivity (Wildman–Crippen MR) is 66.5 cm³/mol. The Bertz CT molecular complexity index is 403. The summed E-state index contributed by atoms with van der Waals surface area (Å²) in [6.07, 6.45) is 1.17. The summed E-state index contributed by atoms with van der Waals surface area (Å²) in [5, 5.41) is 0. The van der Waals surface area contributed by atoms with Gasteiger partial charge in [-0.25, -0.2) is 4.39 Å². The molecule has 1 aromatic carbocycles. The maximum atomic E-state index is 13.2. The highest BCUT2D eigenvalue weighted by atomic mass is 79.9. The monoisotopic (exact) mass is 286 g/mol. The van der Waals surface area contributed by atoms with E-state index < -0.39 is 0 Å². The van der Waals surface area contributed by atoms with Crippen molar-refractivity contribution in [3.8, 4) is 5.75 Å². The van der Waals surface area contributed by atoms with Gasteiger partial charge in [-0.3, -0.25) is 0 Å². The van der Waals surface area contributed by atoms with Gasteiger partial charge in [0.25, 0.3) is 0 Å². The summed E-state index contributed by atoms with van der Waals surface area (Å²) < 4.78 is 18.5. The Morgan fingerprint density at radius 3 is 2.62 bits per heavy atom. The first-order valence-corrected chi connectivity index (χ1v) is 6.35. The number of benzene rings is 1. The van der Waals surface area contributed by atoms with Gasteiger partial charge < -0.3 is 4.74 Å². The van der Waals surface area contributed by atoms with Crippen molar-refractivity contribution in [3.05, 3.63) is 29.6 Å². The third kappa shape index (κ3) is 2.10. The first-order valence-electron chi connectivity index (χ1n) is 5.43. The summed E-state index contributed by atoms with van der Waals surface area (Å²) in [5.74, 6) is 1.10. The van der Waals surface area contributed by atoms with Gasteiger partial charge in [-0.15, -0.1) is 0 Å². The maximum absolute atomic E-state index is 13.2. The summed E-state index contributed by atoms with van der Waals surface area (Å²) in [7, 11) is 1.62. The van der Waals surface area contributed by atoms with Crippen molar-refractivity contribution in [2.45, 2.75) is 25.1 Å². The van der Waals surface area contributed by atoms with Gasteiger partial charge in [0, 0.05) is 10.4 Å². The number of methoxy groups -OCH3 is 1. The van der Waals surface area contributed by atoms with E-state index in [1.54, 1.807) is 19.2 Å². The van der Waals surface area contributed by atoms with E-state index in [-0.39, 0.29) is 10.6 Å². The van der Waals surface area contributed by atoms with E-state index in [1.807, 2.05) is 0 Å². The zero-order valence-corrected chi connectivity index (χ0v) is 11.3. The Balaban J connectivity index is 2.29. The molecule has 1 fully saturated rings. The molecule has 0 aliphatic heterocycles. The lowest BCUT2D eigenvalue weighted by atomic mass is 10.0. The van der Waals surface area contributed by atoms with Crippen LogP contribution in [0.1, 0.15) is 30.7 Å². The molecule has 0 spiro atoms. The van der Waals surface area contributed by atoms with Crippen LogP contribution < -0.4 is 4.74 Å². The number of halogens is 2. The van der Waals surface area contributed by atoms with Crippen molar-refractivity contribution in [2.75, 3.05) is 7.11 Å². The normalized spacial score (nSPS) is 23.9. The van der Waals surface area contributed by atoms with Crippen LogP contribution in [0.4, 0.5) is 4.39 Å². The predicted octanol–water partition coefficient (Wildman–Crippen LogP) is 4.32. The van der Waals surface area contributed by atoms with Gasteiger partial charge in [0.1, 0.15) is 11.6 Å². The standard InChI is InChI=1S/C13H16BrFO/c1-13(2)7-10(13)12(14)9-6-8(15)4-5-11(9)16-3/h4-6,10,12H,7H2,1-3H3. The molecule has 0 N–H and O–H groups in total. The summed E-state index contributed by atoms with van der Waals surface area (Å²) in [6, 6.07) is 4.68. The summed E-state index contributed by atoms with van der Waals surface area (Å²) in [4.78, 5) is 0.174. The molecule has 0 heterocycles. The maximum Gasteiger partial charge on any atom is 0.123 e. The van der Waals surface area contributed by atoms with Crippen LogP contribution in [0.2, 0.25) is 0 Å². The minimum absolute atomic E-state index is 0.174. The summed E-state index contributed by atoms with van der Waals surface area (Å²) >= 11 is 3.67. The number of alkyl halides is 1. The molecule has 0 amide bonds. The van der Waals surface area contributed by atoms with Gasteiger partial charge in [-0.1, -0.05) is 29.8 Å². The van der Waals surface area contributed by atoms with Crippen LogP contribution in [-0.4, -0.2) is 7.11 Å². The van der Waals surface area contributed by atoms with Gasteiger partial charge in [0.05, 0.1) is 7.11 Å². The molecule has 2 rings (SSSR count). The van der Waals surface area contributed by atoms with Crippen molar-refractivity contribution in [1.82, 2.24) is 0 Å². The van der Waals surface area contributed by atoms with Gasteiger partial charge in [0.15, 0.2) is 0 Å². The molecule has 2 unspecified atom stereocenters. The quantitative estimate of drug-likeness (QED) is 0.752. The Kier molecular flexibility index (Phi) is 2.99. The highest BCUT2D eigenvalue weighted by Crippen LogP contribution is 2.61. The largest absolute Gasteiger partial charge is 0.496 e. The fraction of sp³-hybridized carbons (Fsp3) is 0.538. The van der Waals surface area contributed by atoms with Crippen LogP contribution in [0.5, 0.6) is 5.75 Å². The number of hydrogen-bond donors (Lipinski definition) is 0. The second-order valence-electron chi connectivity index (χ2n) is 5.09. The van der Waals surface area contributed by atoms with Crippen LogP contribution in [0.3, 0.4) is 0 Å². The summed E-state index contributed by atoms with van der Waals surface area (Å²) in [6.45, 7) is 4.47. The Morgan fingerprint density at radius 2 is 2.12 bits per heavy atom. The second kappa shape index (κ2) is 4.02. The molecule has 0 bridgehead atoms. The Morgan fingerprint density at radius 1 is 1.50 bits per heavy atom. The number of ether oxygens (including phenoxy) is 1. The first-order chi connectivity index (χ1) is 7.45. The van der Waals surface area contributed by atoms with E-state index in [4.69, 9.17) is 4.74 Å². The molecule has 1 aromatic rings. The van der Waals surface area contributed by atoms with Gasteiger partial charge in [-0.2, -0.15) is 0 Å². The average Bonchev–Trinajstić information content (AvgIpc) is 2.86. The molecule has 2 atom stereocenters. The van der Waals surface area contributed by atoms with E-state index in [1.165, 1.54) is 12.5 Å². The van der Waals surface area contributed by atoms with Gasteiger partial charge >= 0.3 is 0 Å². The zero-order valence-electron chi connectivity index (χ0n) is 9.76. The number of rotatable bonds is 3. The first kappa shape index (κ1) is 11.9. The molecule has 88 valence electrons. The van der Waals surface area contributed by atoms with Crippen LogP contribution in [0, 0.1) is 17.2 Å². The fourth-order valence-electron chi connectivity index (χ4n) is 2.14. The SMILES string of the molecule is COc1ccc(F)cc1C(Br)C1CC1(C)C. The van der Waals surface area contributed by atoms with Gasteiger partial charge in [0.2, 0.25) is 0 Å². The lowest BCUT2D eigenvalue weighted by molar-refractivity contribution is 0.405. The van der Waals surface area contributed by atoms with Crippen LogP contribution >= 0.6 is 15.9 Å². The van der Waals surface area contributed by atoms with Crippen molar-refractivity contribution >= 4 is 15.9 Å². The molecular formula is C13H16BrFO. The zero-order chi connectivity index (χ0) is 11.9. The Labute approximate surface area is 104 Å².